The molecule has 18 heavy (non-hydrogen) atoms. The molecule has 0 bridgehead atoms. The highest BCUT2D eigenvalue weighted by Gasteiger charge is 2.13. The molecule has 0 heterocycles. The Balaban J connectivity index is 2.22. The second-order valence-electron chi connectivity index (χ2n) is 4.28. The largest absolute Gasteiger partial charge is 0.0835 e. The first-order valence-corrected chi connectivity index (χ1v) is 8.21. The highest BCUT2D eigenvalue weighted by Crippen LogP contribution is 2.34. The van der Waals surface area contributed by atoms with Crippen molar-refractivity contribution in [2.75, 3.05) is 0 Å². The summed E-state index contributed by atoms with van der Waals surface area (Å²) in [6.07, 6.45) is 0.974. The molecule has 0 saturated heterocycles. The SMILES string of the molecule is Cc1cccc(C(Br)Cc2cccc(Br)c2)c1Br. The standard InChI is InChI=1S/C15H13Br3/c1-10-4-2-7-13(15(10)18)14(17)9-11-5-3-6-12(16)8-11/h2-8,14H,9H2,1H3. The molecule has 1 unspecified atom stereocenters. The number of hydrogen-bond donors (Lipinski definition) is 0. The third kappa shape index (κ3) is 3.46. The van der Waals surface area contributed by atoms with Crippen molar-refractivity contribution in [1.29, 1.82) is 0 Å². The van der Waals surface area contributed by atoms with Crippen LogP contribution >= 0.6 is 47.8 Å². The van der Waals surface area contributed by atoms with Crippen LogP contribution in [0, 0.1) is 6.92 Å². The van der Waals surface area contributed by atoms with Crippen molar-refractivity contribution in [2.24, 2.45) is 0 Å². The van der Waals surface area contributed by atoms with Crippen LogP contribution in [-0.2, 0) is 6.42 Å². The lowest BCUT2D eigenvalue weighted by Crippen LogP contribution is -1.97. The van der Waals surface area contributed by atoms with Gasteiger partial charge in [0.05, 0.1) is 0 Å². The van der Waals surface area contributed by atoms with Gasteiger partial charge in [0.25, 0.3) is 0 Å². The summed E-state index contributed by atoms with van der Waals surface area (Å²) in [5, 5.41) is 0. The molecule has 2 rings (SSSR count). The van der Waals surface area contributed by atoms with E-state index in [4.69, 9.17) is 0 Å². The Morgan fingerprint density at radius 1 is 1.06 bits per heavy atom. The maximum Gasteiger partial charge on any atom is 0.0446 e. The molecule has 0 N–H and O–H groups in total. The lowest BCUT2D eigenvalue weighted by atomic mass is 10.0. The van der Waals surface area contributed by atoms with E-state index in [-0.39, 0.29) is 0 Å². The van der Waals surface area contributed by atoms with Crippen LogP contribution in [0.2, 0.25) is 0 Å². The molecule has 0 aliphatic carbocycles. The molecule has 0 saturated carbocycles. The Morgan fingerprint density at radius 2 is 1.78 bits per heavy atom. The van der Waals surface area contributed by atoms with Gasteiger partial charge in [-0.1, -0.05) is 78.1 Å². The van der Waals surface area contributed by atoms with E-state index in [1.54, 1.807) is 0 Å². The first kappa shape index (κ1) is 14.3. The highest BCUT2D eigenvalue weighted by molar-refractivity contribution is 9.11. The summed E-state index contributed by atoms with van der Waals surface area (Å²) in [7, 11) is 0. The Bertz CT molecular complexity index is 549. The van der Waals surface area contributed by atoms with Crippen LogP contribution in [-0.4, -0.2) is 0 Å². The lowest BCUT2D eigenvalue weighted by molar-refractivity contribution is 0.939. The second-order valence-corrected chi connectivity index (χ2v) is 7.09. The van der Waals surface area contributed by atoms with Crippen LogP contribution in [0.3, 0.4) is 0 Å². The van der Waals surface area contributed by atoms with E-state index in [1.807, 2.05) is 0 Å². The monoisotopic (exact) mass is 430 g/mol. The normalized spacial score (nSPS) is 12.4. The topological polar surface area (TPSA) is 0 Å². The fraction of sp³-hybridized carbons (Fsp3) is 0.200. The van der Waals surface area contributed by atoms with Gasteiger partial charge in [0.2, 0.25) is 0 Å². The zero-order valence-corrected chi connectivity index (χ0v) is 14.7. The molecule has 0 nitrogen and oxygen atoms in total. The summed E-state index contributed by atoms with van der Waals surface area (Å²) in [5.74, 6) is 0. The van der Waals surface area contributed by atoms with Crippen LogP contribution in [0.4, 0.5) is 0 Å². The molecule has 1 atom stereocenters. The summed E-state index contributed by atoms with van der Waals surface area (Å²) in [4.78, 5) is 0.320. The van der Waals surface area contributed by atoms with E-state index in [2.05, 4.69) is 97.2 Å². The van der Waals surface area contributed by atoms with E-state index in [0.29, 0.717) is 4.83 Å². The van der Waals surface area contributed by atoms with Crippen LogP contribution in [0.15, 0.2) is 51.4 Å². The Kier molecular flexibility index (Phi) is 5.05. The van der Waals surface area contributed by atoms with Crippen molar-refractivity contribution in [3.05, 3.63) is 68.1 Å². The van der Waals surface area contributed by atoms with Crippen molar-refractivity contribution in [1.82, 2.24) is 0 Å². The predicted octanol–water partition coefficient (Wildman–Crippen LogP) is 6.20. The number of benzene rings is 2. The molecule has 0 aliphatic rings. The van der Waals surface area contributed by atoms with Crippen LogP contribution < -0.4 is 0 Å². The van der Waals surface area contributed by atoms with Crippen molar-refractivity contribution in [3.63, 3.8) is 0 Å². The highest BCUT2D eigenvalue weighted by atomic mass is 79.9. The van der Waals surface area contributed by atoms with Gasteiger partial charge in [0.1, 0.15) is 0 Å². The molecule has 0 amide bonds. The van der Waals surface area contributed by atoms with Crippen LogP contribution in [0.5, 0.6) is 0 Å². The van der Waals surface area contributed by atoms with Gasteiger partial charge in [-0.3, -0.25) is 0 Å². The van der Waals surface area contributed by atoms with Gasteiger partial charge in [-0.25, -0.2) is 0 Å². The van der Waals surface area contributed by atoms with Gasteiger partial charge in [-0.2, -0.15) is 0 Å². The van der Waals surface area contributed by atoms with Gasteiger partial charge in [-0.05, 0) is 42.2 Å². The molecule has 2 aromatic carbocycles. The summed E-state index contributed by atoms with van der Waals surface area (Å²) < 4.78 is 2.32. The van der Waals surface area contributed by atoms with Crippen molar-refractivity contribution in [3.8, 4) is 0 Å². The molecule has 2 aromatic rings. The minimum absolute atomic E-state index is 0.320. The van der Waals surface area contributed by atoms with Gasteiger partial charge in [-0.15, -0.1) is 0 Å². The minimum Gasteiger partial charge on any atom is -0.0835 e. The molecule has 0 radical (unpaired) electrons. The second kappa shape index (κ2) is 6.36. The van der Waals surface area contributed by atoms with Crippen molar-refractivity contribution < 1.29 is 0 Å². The summed E-state index contributed by atoms with van der Waals surface area (Å²) in [6.45, 7) is 2.12. The molecule has 0 aromatic heterocycles. The molecule has 0 fully saturated rings. The lowest BCUT2D eigenvalue weighted by Gasteiger charge is -2.14. The summed E-state index contributed by atoms with van der Waals surface area (Å²) >= 11 is 11.0. The van der Waals surface area contributed by atoms with E-state index < -0.39 is 0 Å². The number of hydrogen-bond acceptors (Lipinski definition) is 0. The Labute approximate surface area is 133 Å². The van der Waals surface area contributed by atoms with Crippen LogP contribution in [0.1, 0.15) is 21.5 Å². The van der Waals surface area contributed by atoms with Gasteiger partial charge in [0.15, 0.2) is 0 Å². The Morgan fingerprint density at radius 3 is 2.50 bits per heavy atom. The number of rotatable bonds is 3. The quantitative estimate of drug-likeness (QED) is 0.506. The Hall–Kier alpha value is -0.120. The number of aryl methyl sites for hydroxylation is 1. The smallest absolute Gasteiger partial charge is 0.0446 e. The summed E-state index contributed by atoms with van der Waals surface area (Å²) in [5.41, 5.74) is 3.89. The average molecular weight is 433 g/mol. The molecular weight excluding hydrogens is 420 g/mol. The van der Waals surface area contributed by atoms with E-state index in [9.17, 15) is 0 Å². The predicted molar refractivity (Wildman–Crippen MR) is 88.4 cm³/mol. The van der Waals surface area contributed by atoms with Crippen LogP contribution in [0.25, 0.3) is 0 Å². The third-order valence-electron chi connectivity index (χ3n) is 2.86. The van der Waals surface area contributed by atoms with Gasteiger partial charge < -0.3 is 0 Å². The maximum atomic E-state index is 3.79. The molecule has 94 valence electrons. The first-order valence-electron chi connectivity index (χ1n) is 5.71. The maximum absolute atomic E-state index is 3.79. The number of alkyl halides is 1. The minimum atomic E-state index is 0.320. The average Bonchev–Trinajstić information content (AvgIpc) is 2.32. The zero-order valence-electron chi connectivity index (χ0n) is 9.96. The van der Waals surface area contributed by atoms with E-state index in [0.717, 1.165) is 10.9 Å². The third-order valence-corrected chi connectivity index (χ3v) is 5.26. The van der Waals surface area contributed by atoms with Crippen molar-refractivity contribution >= 4 is 47.8 Å². The van der Waals surface area contributed by atoms with Gasteiger partial charge >= 0.3 is 0 Å². The van der Waals surface area contributed by atoms with E-state index in [1.165, 1.54) is 21.2 Å². The van der Waals surface area contributed by atoms with Gasteiger partial charge in [0, 0.05) is 13.8 Å². The molecule has 0 spiro atoms. The fourth-order valence-electron chi connectivity index (χ4n) is 1.89. The summed E-state index contributed by atoms with van der Waals surface area (Å²) in [6, 6.07) is 14.8. The first-order chi connectivity index (χ1) is 8.58. The zero-order chi connectivity index (χ0) is 13.1. The molecule has 3 heteroatoms. The van der Waals surface area contributed by atoms with Crippen molar-refractivity contribution in [2.45, 2.75) is 18.2 Å². The van der Waals surface area contributed by atoms with E-state index >= 15 is 0 Å². The molecule has 0 aliphatic heterocycles. The number of halogens is 3. The molecular formula is C15H13Br3. The fourth-order valence-corrected chi connectivity index (χ4v) is 3.94.